The average Bonchev–Trinajstić information content (AvgIpc) is 0.811. The third kappa shape index (κ3) is 41.0. The fourth-order valence-electron chi connectivity index (χ4n) is 0. The van der Waals surface area contributed by atoms with Crippen molar-refractivity contribution in [3.05, 3.63) is 0 Å². The van der Waals surface area contributed by atoms with Crippen LogP contribution in [-0.4, -0.2) is 13.3 Å². The number of hydrogen-bond acceptors (Lipinski definition) is 3. The second-order valence-corrected chi connectivity index (χ2v) is 0.612. The zero-order chi connectivity index (χ0) is 3.58. The average molecular weight is 211 g/mol. The summed E-state index contributed by atoms with van der Waals surface area (Å²) in [5, 5.41) is 0. The molecule has 0 heterocycles. The van der Waals surface area contributed by atoms with Crippen LogP contribution in [0.15, 0.2) is 0 Å². The predicted molar refractivity (Wildman–Crippen MR) is 9.70 cm³/mol. The van der Waals surface area contributed by atoms with E-state index in [9.17, 15) is 0 Å². The van der Waals surface area contributed by atoms with Crippen LogP contribution in [0.5, 0.6) is 0 Å². The first kappa shape index (κ1) is 15.7. The van der Waals surface area contributed by atoms with E-state index < -0.39 is 11.4 Å². The summed E-state index contributed by atoms with van der Waals surface area (Å²) in [4.78, 5) is 0. The van der Waals surface area contributed by atoms with Gasteiger partial charge in [-0.3, -0.25) is 4.21 Å². The maximum atomic E-state index is 8.44. The van der Waals surface area contributed by atoms with E-state index in [0.29, 0.717) is 0 Å². The zero-order valence-corrected chi connectivity index (χ0v) is 7.23. The minimum atomic E-state index is -3.11. The van der Waals surface area contributed by atoms with E-state index in [2.05, 4.69) is 0 Å². The molecule has 0 saturated heterocycles. The quantitative estimate of drug-likeness (QED) is 0.303. The largest absolute Gasteiger partial charge is 1.00 e. The van der Waals surface area contributed by atoms with Gasteiger partial charge in [0.25, 0.3) is 0 Å². The van der Waals surface area contributed by atoms with Crippen LogP contribution in [-0.2, 0) is 33.7 Å². The normalized spacial score (nSPS) is 5.83. The van der Waals surface area contributed by atoms with E-state index in [1.807, 2.05) is 0 Å². The molecule has 0 amide bonds. The van der Waals surface area contributed by atoms with Gasteiger partial charge in [-0.25, -0.2) is 0 Å². The summed E-state index contributed by atoms with van der Waals surface area (Å²) in [6.45, 7) is 0. The summed E-state index contributed by atoms with van der Waals surface area (Å²) in [6.07, 6.45) is 0. The van der Waals surface area contributed by atoms with Crippen LogP contribution in [0.4, 0.5) is 0 Å². The molecule has 6 heteroatoms. The summed E-state index contributed by atoms with van der Waals surface area (Å²) in [7, 11) is 0. The molecule has 0 saturated carbocycles. The Morgan fingerprint density at radius 3 is 1.33 bits per heavy atom. The third-order valence-corrected chi connectivity index (χ3v) is 0. The predicted octanol–water partition coefficient (Wildman–Crippen LogP) is -4.00. The molecule has 36 valence electrons. The van der Waals surface area contributed by atoms with Gasteiger partial charge in [-0.1, -0.05) is 0 Å². The second-order valence-electron chi connectivity index (χ2n) is 0.204. The van der Waals surface area contributed by atoms with E-state index in [-0.39, 0.29) is 51.9 Å². The SMILES string of the molecule is O=S([O-])[O-].[Ag+].[Na+]. The van der Waals surface area contributed by atoms with Gasteiger partial charge in [0.05, 0.1) is 0 Å². The minimum absolute atomic E-state index is 0. The molecule has 0 atom stereocenters. The fraction of sp³-hybridized carbons (Fsp3) is 0. The molecule has 0 N–H and O–H groups in total. The van der Waals surface area contributed by atoms with Crippen molar-refractivity contribution in [2.24, 2.45) is 0 Å². The number of hydrogen-bond donors (Lipinski definition) is 0. The van der Waals surface area contributed by atoms with Gasteiger partial charge in [-0.05, 0) is 0 Å². The topological polar surface area (TPSA) is 63.2 Å². The maximum absolute atomic E-state index is 8.44. The molecular weight excluding hydrogens is 211 g/mol. The van der Waals surface area contributed by atoms with Crippen LogP contribution in [0.3, 0.4) is 0 Å². The Morgan fingerprint density at radius 1 is 1.33 bits per heavy atom. The van der Waals surface area contributed by atoms with Crippen molar-refractivity contribution in [1.29, 1.82) is 0 Å². The zero-order valence-electron chi connectivity index (χ0n) is 2.93. The Kier molecular flexibility index (Phi) is 25.9. The number of rotatable bonds is 0. The first-order chi connectivity index (χ1) is 1.73. The van der Waals surface area contributed by atoms with Gasteiger partial charge in [0.1, 0.15) is 0 Å². The molecule has 0 rings (SSSR count). The van der Waals surface area contributed by atoms with Crippen molar-refractivity contribution in [3.63, 3.8) is 0 Å². The standard InChI is InChI=1S/Ag.Na.H2O3S/c;;1-4(2)3/h;;(H2,1,2,3)/q2*+1;/p-2. The minimum Gasteiger partial charge on any atom is -0.784 e. The third-order valence-electron chi connectivity index (χ3n) is 0. The van der Waals surface area contributed by atoms with Crippen molar-refractivity contribution in [2.75, 3.05) is 0 Å². The van der Waals surface area contributed by atoms with E-state index in [1.165, 1.54) is 0 Å². The molecule has 0 aromatic heterocycles. The van der Waals surface area contributed by atoms with Gasteiger partial charge < -0.3 is 9.11 Å². The van der Waals surface area contributed by atoms with E-state index in [1.54, 1.807) is 0 Å². The second kappa shape index (κ2) is 9.94. The van der Waals surface area contributed by atoms with Gasteiger partial charge in [-0.15, -0.1) is 11.4 Å². The fourth-order valence-corrected chi connectivity index (χ4v) is 0. The molecule has 0 aromatic carbocycles. The van der Waals surface area contributed by atoms with Crippen molar-refractivity contribution < 1.29 is 65.3 Å². The molecule has 0 aliphatic rings. The first-order valence-corrected chi connectivity index (χ1v) is 1.50. The molecule has 0 aliphatic heterocycles. The Balaban J connectivity index is -0.0000000450. The van der Waals surface area contributed by atoms with Crippen LogP contribution in [0.2, 0.25) is 0 Å². The van der Waals surface area contributed by atoms with Gasteiger partial charge in [-0.2, -0.15) is 0 Å². The van der Waals surface area contributed by atoms with Crippen LogP contribution < -0.4 is 29.6 Å². The van der Waals surface area contributed by atoms with Gasteiger partial charge in [0, 0.05) is 0 Å². The molecule has 0 bridgehead atoms. The van der Waals surface area contributed by atoms with Crippen molar-refractivity contribution in [2.45, 2.75) is 0 Å². The summed E-state index contributed by atoms with van der Waals surface area (Å²) < 4.78 is 25.3. The summed E-state index contributed by atoms with van der Waals surface area (Å²) >= 11 is -3.11. The van der Waals surface area contributed by atoms with E-state index >= 15 is 0 Å². The van der Waals surface area contributed by atoms with Gasteiger partial charge in [0.2, 0.25) is 0 Å². The van der Waals surface area contributed by atoms with Gasteiger partial charge >= 0.3 is 51.9 Å². The monoisotopic (exact) mass is 210 g/mol. The Morgan fingerprint density at radius 2 is 1.33 bits per heavy atom. The molecule has 0 aromatic rings. The van der Waals surface area contributed by atoms with Gasteiger partial charge in [0.15, 0.2) is 0 Å². The first-order valence-electron chi connectivity index (χ1n) is 0.500. The van der Waals surface area contributed by atoms with Crippen LogP contribution in [0, 0.1) is 0 Å². The van der Waals surface area contributed by atoms with E-state index in [0.717, 1.165) is 0 Å². The Bertz CT molecular complexity index is 33.8. The molecule has 0 radical (unpaired) electrons. The Hall–Kier alpha value is 1.81. The molecule has 0 unspecified atom stereocenters. The maximum Gasteiger partial charge on any atom is 1.00 e. The van der Waals surface area contributed by atoms with Crippen molar-refractivity contribution in [1.82, 2.24) is 0 Å². The summed E-state index contributed by atoms with van der Waals surface area (Å²) in [6, 6.07) is 0. The molecule has 0 spiro atoms. The van der Waals surface area contributed by atoms with Crippen molar-refractivity contribution >= 4 is 11.4 Å². The molecular formula is AgNaO3S. The molecule has 0 fully saturated rings. The molecule has 3 nitrogen and oxygen atoms in total. The summed E-state index contributed by atoms with van der Waals surface area (Å²) in [5.74, 6) is 0. The van der Waals surface area contributed by atoms with E-state index in [4.69, 9.17) is 13.3 Å². The molecule has 6 heavy (non-hydrogen) atoms. The van der Waals surface area contributed by atoms with Crippen LogP contribution >= 0.6 is 0 Å². The smallest absolute Gasteiger partial charge is 0.784 e. The van der Waals surface area contributed by atoms with Crippen LogP contribution in [0.25, 0.3) is 0 Å². The van der Waals surface area contributed by atoms with Crippen LogP contribution in [0.1, 0.15) is 0 Å². The van der Waals surface area contributed by atoms with Crippen molar-refractivity contribution in [3.8, 4) is 0 Å². The summed E-state index contributed by atoms with van der Waals surface area (Å²) in [5.41, 5.74) is 0. The molecule has 0 aliphatic carbocycles. The Labute approximate surface area is 75.8 Å².